The van der Waals surface area contributed by atoms with Crippen molar-refractivity contribution < 1.29 is 4.79 Å². The van der Waals surface area contributed by atoms with Crippen LogP contribution >= 0.6 is 11.6 Å². The first-order valence-corrected chi connectivity index (χ1v) is 11.5. The second-order valence-electron chi connectivity index (χ2n) is 10.1. The Morgan fingerprint density at radius 2 is 1.88 bits per heavy atom. The fourth-order valence-electron chi connectivity index (χ4n) is 4.90. The summed E-state index contributed by atoms with van der Waals surface area (Å²) in [5.41, 5.74) is 4.88. The summed E-state index contributed by atoms with van der Waals surface area (Å²) in [6.07, 6.45) is 3.51. The van der Waals surface area contributed by atoms with E-state index in [1.54, 1.807) is 16.9 Å². The molecule has 0 saturated carbocycles. The molecule has 0 spiro atoms. The fraction of sp³-hybridized carbons (Fsp3) is 0.280. The van der Waals surface area contributed by atoms with Gasteiger partial charge in [-0.3, -0.25) is 4.79 Å². The van der Waals surface area contributed by atoms with Gasteiger partial charge in [-0.1, -0.05) is 37.6 Å². The molecule has 0 bridgehead atoms. The SMILES string of the molecule is CC1(C)CN(c2nccn3nc(Nc4ccc5c(c4)NC(=O)C5(C)C)nc23)c2cc(Cl)ccc21. The number of carbonyl (C=O) groups is 1. The Labute approximate surface area is 202 Å². The van der Waals surface area contributed by atoms with Crippen molar-refractivity contribution in [3.05, 3.63) is 64.9 Å². The van der Waals surface area contributed by atoms with E-state index in [4.69, 9.17) is 16.6 Å². The van der Waals surface area contributed by atoms with Crippen molar-refractivity contribution in [1.29, 1.82) is 0 Å². The molecule has 0 fully saturated rings. The van der Waals surface area contributed by atoms with Crippen LogP contribution < -0.4 is 15.5 Å². The molecule has 0 aliphatic carbocycles. The van der Waals surface area contributed by atoms with E-state index >= 15 is 0 Å². The van der Waals surface area contributed by atoms with Crippen LogP contribution in [0.4, 0.5) is 28.8 Å². The maximum absolute atomic E-state index is 12.3. The number of nitrogens with zero attached hydrogens (tertiary/aromatic N) is 5. The lowest BCUT2D eigenvalue weighted by molar-refractivity contribution is -0.119. The average Bonchev–Trinajstić information content (AvgIpc) is 3.37. The Kier molecular flexibility index (Phi) is 4.26. The highest BCUT2D eigenvalue weighted by Crippen LogP contribution is 2.45. The van der Waals surface area contributed by atoms with Crippen LogP contribution in [0, 0.1) is 0 Å². The molecule has 2 N–H and O–H groups in total. The maximum Gasteiger partial charge on any atom is 0.247 e. The van der Waals surface area contributed by atoms with Crippen LogP contribution in [0.3, 0.4) is 0 Å². The molecule has 8 nitrogen and oxygen atoms in total. The molecule has 4 aromatic rings. The number of rotatable bonds is 3. The Balaban J connectivity index is 1.37. The molecule has 34 heavy (non-hydrogen) atoms. The van der Waals surface area contributed by atoms with Gasteiger partial charge in [-0.25, -0.2) is 9.50 Å². The molecule has 2 aromatic heterocycles. The molecule has 9 heteroatoms. The number of hydrogen-bond donors (Lipinski definition) is 2. The highest BCUT2D eigenvalue weighted by atomic mass is 35.5. The molecule has 1 amide bonds. The van der Waals surface area contributed by atoms with Gasteiger partial charge < -0.3 is 15.5 Å². The van der Waals surface area contributed by atoms with Crippen molar-refractivity contribution in [3.8, 4) is 0 Å². The molecule has 0 saturated heterocycles. The van der Waals surface area contributed by atoms with Crippen LogP contribution in [0.15, 0.2) is 48.8 Å². The first kappa shape index (κ1) is 20.9. The minimum Gasteiger partial charge on any atom is -0.325 e. The van der Waals surface area contributed by atoms with Gasteiger partial charge in [-0.15, -0.1) is 5.10 Å². The average molecular weight is 474 g/mol. The summed E-state index contributed by atoms with van der Waals surface area (Å²) in [7, 11) is 0. The summed E-state index contributed by atoms with van der Waals surface area (Å²) in [6.45, 7) is 9.02. The van der Waals surface area contributed by atoms with E-state index in [2.05, 4.69) is 45.5 Å². The number of hydrogen-bond acceptors (Lipinski definition) is 6. The van der Waals surface area contributed by atoms with E-state index in [9.17, 15) is 4.79 Å². The Hall–Kier alpha value is -3.65. The molecular formula is C25H24ClN7O. The Morgan fingerprint density at radius 3 is 2.71 bits per heavy atom. The van der Waals surface area contributed by atoms with Gasteiger partial charge in [0.1, 0.15) is 0 Å². The van der Waals surface area contributed by atoms with Gasteiger partial charge in [-0.2, -0.15) is 4.98 Å². The zero-order chi connectivity index (χ0) is 23.8. The normalized spacial score (nSPS) is 17.6. The second kappa shape index (κ2) is 6.93. The van der Waals surface area contributed by atoms with Gasteiger partial charge in [-0.05, 0) is 49.2 Å². The quantitative estimate of drug-likeness (QED) is 0.426. The van der Waals surface area contributed by atoms with Crippen molar-refractivity contribution in [3.63, 3.8) is 0 Å². The van der Waals surface area contributed by atoms with E-state index in [-0.39, 0.29) is 11.3 Å². The zero-order valence-electron chi connectivity index (χ0n) is 19.3. The maximum atomic E-state index is 12.3. The number of carbonyl (C=O) groups excluding carboxylic acids is 1. The zero-order valence-corrected chi connectivity index (χ0v) is 20.1. The summed E-state index contributed by atoms with van der Waals surface area (Å²) in [5, 5.41) is 11.5. The number of aromatic nitrogens is 4. The van der Waals surface area contributed by atoms with Gasteiger partial charge in [0, 0.05) is 46.4 Å². The highest BCUT2D eigenvalue weighted by molar-refractivity contribution is 6.31. The van der Waals surface area contributed by atoms with Crippen molar-refractivity contribution in [2.45, 2.75) is 38.5 Å². The van der Waals surface area contributed by atoms with Crippen LogP contribution in [0.25, 0.3) is 5.65 Å². The topological polar surface area (TPSA) is 87.5 Å². The van der Waals surface area contributed by atoms with E-state index < -0.39 is 5.41 Å². The number of halogens is 1. The lowest BCUT2D eigenvalue weighted by Gasteiger charge is -2.21. The predicted molar refractivity (Wildman–Crippen MR) is 134 cm³/mol. The molecule has 0 unspecified atom stereocenters. The first-order chi connectivity index (χ1) is 16.1. The standard InChI is InChI=1S/C25H24ClN7O/c1-24(2)13-32(19-11-14(26)5-7-17(19)24)20-21-30-23(31-33(21)10-9-27-20)28-15-6-8-16-18(12-15)29-22(34)25(16,3)4/h5-12H,13H2,1-4H3,(H,28,31)(H,29,34). The van der Waals surface area contributed by atoms with Crippen molar-refractivity contribution in [1.82, 2.24) is 19.6 Å². The van der Waals surface area contributed by atoms with Gasteiger partial charge in [0.15, 0.2) is 5.82 Å². The van der Waals surface area contributed by atoms with Crippen LogP contribution in [-0.4, -0.2) is 32.0 Å². The second-order valence-corrected chi connectivity index (χ2v) is 10.5. The molecular weight excluding hydrogens is 450 g/mol. The smallest absolute Gasteiger partial charge is 0.247 e. The molecule has 2 aliphatic rings. The largest absolute Gasteiger partial charge is 0.325 e. The molecule has 6 rings (SSSR count). The third-order valence-electron chi connectivity index (χ3n) is 6.79. The van der Waals surface area contributed by atoms with Crippen LogP contribution in [0.2, 0.25) is 5.02 Å². The third kappa shape index (κ3) is 3.05. The number of anilines is 5. The van der Waals surface area contributed by atoms with Crippen LogP contribution in [-0.2, 0) is 15.6 Å². The van der Waals surface area contributed by atoms with E-state index in [0.717, 1.165) is 35.0 Å². The van der Waals surface area contributed by atoms with Crippen molar-refractivity contribution in [2.24, 2.45) is 0 Å². The molecule has 4 heterocycles. The first-order valence-electron chi connectivity index (χ1n) is 11.2. The van der Waals surface area contributed by atoms with E-state index in [0.29, 0.717) is 16.6 Å². The van der Waals surface area contributed by atoms with Gasteiger partial charge >= 0.3 is 0 Å². The van der Waals surface area contributed by atoms with Gasteiger partial charge in [0.2, 0.25) is 17.5 Å². The van der Waals surface area contributed by atoms with Crippen molar-refractivity contribution in [2.75, 3.05) is 22.1 Å². The number of amides is 1. The van der Waals surface area contributed by atoms with Crippen molar-refractivity contribution >= 4 is 52.0 Å². The molecule has 0 atom stereocenters. The lowest BCUT2D eigenvalue weighted by atomic mass is 9.86. The van der Waals surface area contributed by atoms with Crippen LogP contribution in [0.1, 0.15) is 38.8 Å². The van der Waals surface area contributed by atoms with Crippen LogP contribution in [0.5, 0.6) is 0 Å². The summed E-state index contributed by atoms with van der Waals surface area (Å²) >= 11 is 6.33. The summed E-state index contributed by atoms with van der Waals surface area (Å²) in [4.78, 5) is 23.8. The predicted octanol–water partition coefficient (Wildman–Crippen LogP) is 5.18. The minimum atomic E-state index is -0.543. The van der Waals surface area contributed by atoms with E-state index in [1.165, 1.54) is 5.56 Å². The third-order valence-corrected chi connectivity index (χ3v) is 7.02. The highest BCUT2D eigenvalue weighted by Gasteiger charge is 2.39. The fourth-order valence-corrected chi connectivity index (χ4v) is 5.07. The van der Waals surface area contributed by atoms with Gasteiger partial charge in [0.05, 0.1) is 5.41 Å². The van der Waals surface area contributed by atoms with E-state index in [1.807, 2.05) is 44.2 Å². The molecule has 2 aliphatic heterocycles. The molecule has 2 aromatic carbocycles. The summed E-state index contributed by atoms with van der Waals surface area (Å²) < 4.78 is 1.72. The Bertz CT molecular complexity index is 1490. The number of nitrogens with one attached hydrogen (secondary N) is 2. The number of fused-ring (bicyclic) bond motifs is 3. The monoisotopic (exact) mass is 473 g/mol. The van der Waals surface area contributed by atoms with Gasteiger partial charge in [0.25, 0.3) is 0 Å². The summed E-state index contributed by atoms with van der Waals surface area (Å²) in [5.74, 6) is 1.16. The summed E-state index contributed by atoms with van der Waals surface area (Å²) in [6, 6.07) is 11.8. The number of benzene rings is 2. The molecule has 172 valence electrons. The molecule has 0 radical (unpaired) electrons. The minimum absolute atomic E-state index is 0.00450. The Morgan fingerprint density at radius 1 is 1.09 bits per heavy atom. The lowest BCUT2D eigenvalue weighted by Crippen LogP contribution is -2.26.